The van der Waals surface area contributed by atoms with Crippen molar-refractivity contribution in [3.8, 4) is 12.1 Å². The van der Waals surface area contributed by atoms with Crippen molar-refractivity contribution in [2.24, 2.45) is 5.73 Å². The van der Waals surface area contributed by atoms with Gasteiger partial charge in [-0.2, -0.15) is 10.5 Å². The molecule has 0 fully saturated rings. The molecule has 0 unspecified atom stereocenters. The van der Waals surface area contributed by atoms with E-state index >= 15 is 0 Å². The Balaban J connectivity index is 0.000000290. The average molecular weight is 577 g/mol. The molecule has 0 aromatic heterocycles. The van der Waals surface area contributed by atoms with Gasteiger partial charge in [0.2, 0.25) is 0 Å². The van der Waals surface area contributed by atoms with Crippen LogP contribution in [-0.2, 0) is 25.0 Å². The third kappa shape index (κ3) is 13.0. The Hall–Kier alpha value is -3.00. The zero-order valence-corrected chi connectivity index (χ0v) is 25.2. The first-order valence-corrected chi connectivity index (χ1v) is 14.0. The smallest absolute Gasteiger partial charge is 0.0991 e. The molecule has 0 aliphatic heterocycles. The first kappa shape index (κ1) is 33.0. The molecule has 0 spiro atoms. The Morgan fingerprint density at radius 3 is 1.24 bits per heavy atom. The highest BCUT2D eigenvalue weighted by atomic mass is 79.9. The quantitative estimate of drug-likeness (QED) is 0.297. The summed E-state index contributed by atoms with van der Waals surface area (Å²) in [7, 11) is 4.24. The van der Waals surface area contributed by atoms with Crippen LogP contribution in [0.25, 0.3) is 0 Å². The van der Waals surface area contributed by atoms with Gasteiger partial charge in [-0.3, -0.25) is 9.80 Å². The van der Waals surface area contributed by atoms with E-state index in [2.05, 4.69) is 104 Å². The number of nitriles is 2. The molecule has 0 amide bonds. The van der Waals surface area contributed by atoms with Crippen LogP contribution in [0.2, 0.25) is 0 Å². The number of benzene rings is 3. The summed E-state index contributed by atoms with van der Waals surface area (Å²) in [4.78, 5) is 4.58. The fourth-order valence-corrected chi connectivity index (χ4v) is 3.45. The van der Waals surface area contributed by atoms with Crippen LogP contribution in [0.4, 0.5) is 0 Å². The van der Waals surface area contributed by atoms with E-state index in [1.54, 1.807) is 0 Å². The summed E-state index contributed by atoms with van der Waals surface area (Å²) in [6, 6.07) is 29.1. The minimum absolute atomic E-state index is 0.547. The predicted molar refractivity (Wildman–Crippen MR) is 162 cm³/mol. The number of rotatable bonds is 8. The molecule has 38 heavy (non-hydrogen) atoms. The molecule has 0 radical (unpaired) electrons. The van der Waals surface area contributed by atoms with Crippen molar-refractivity contribution in [1.29, 1.82) is 10.5 Å². The molecule has 202 valence electrons. The van der Waals surface area contributed by atoms with Crippen LogP contribution in [0.5, 0.6) is 0 Å². The van der Waals surface area contributed by atoms with Crippen molar-refractivity contribution in [2.45, 2.75) is 64.7 Å². The summed E-state index contributed by atoms with van der Waals surface area (Å²) >= 11 is 3.32. The molecular formula is C32H42BrN5. The van der Waals surface area contributed by atoms with E-state index in [9.17, 15) is 0 Å². The number of halogens is 1. The van der Waals surface area contributed by atoms with Gasteiger partial charge < -0.3 is 5.73 Å². The van der Waals surface area contributed by atoms with E-state index in [-0.39, 0.29) is 0 Å². The summed E-state index contributed by atoms with van der Waals surface area (Å²) in [5, 5.41) is 17.9. The van der Waals surface area contributed by atoms with Crippen LogP contribution in [0, 0.1) is 22.7 Å². The second-order valence-corrected chi connectivity index (χ2v) is 10.4. The molecule has 0 saturated carbocycles. The maximum absolute atomic E-state index is 8.64. The van der Waals surface area contributed by atoms with E-state index < -0.39 is 0 Å². The lowest BCUT2D eigenvalue weighted by atomic mass is 10.1. The first-order valence-electron chi connectivity index (χ1n) is 12.9. The molecule has 3 rings (SSSR count). The summed E-state index contributed by atoms with van der Waals surface area (Å²) < 4.78 is 0. The SMILES string of the molecule is CC(C)N(C)Cc1ccc(C#N)cc1.CC(C)N(C)Cc1ccc(CN)cc1.N#Cc1ccc(CBr)cc1. The van der Waals surface area contributed by atoms with E-state index in [0.717, 1.165) is 24.0 Å². The molecule has 0 aliphatic carbocycles. The van der Waals surface area contributed by atoms with Gasteiger partial charge in [-0.15, -0.1) is 0 Å². The second-order valence-electron chi connectivity index (χ2n) is 9.79. The van der Waals surface area contributed by atoms with Crippen molar-refractivity contribution in [2.75, 3.05) is 14.1 Å². The van der Waals surface area contributed by atoms with Gasteiger partial charge >= 0.3 is 0 Å². The van der Waals surface area contributed by atoms with Crippen LogP contribution in [0.3, 0.4) is 0 Å². The number of alkyl halides is 1. The Labute approximate surface area is 238 Å². The third-order valence-corrected chi connectivity index (χ3v) is 6.85. The lowest BCUT2D eigenvalue weighted by Crippen LogP contribution is -2.25. The Bertz CT molecular complexity index is 1120. The highest BCUT2D eigenvalue weighted by Gasteiger charge is 2.04. The lowest BCUT2D eigenvalue weighted by Gasteiger charge is -2.20. The van der Waals surface area contributed by atoms with Gasteiger partial charge in [0.25, 0.3) is 0 Å². The van der Waals surface area contributed by atoms with Crippen LogP contribution in [-0.4, -0.2) is 36.0 Å². The van der Waals surface area contributed by atoms with Crippen LogP contribution in [0.15, 0.2) is 72.8 Å². The maximum atomic E-state index is 8.64. The summed E-state index contributed by atoms with van der Waals surface area (Å²) in [5.74, 6) is 0. The zero-order valence-electron chi connectivity index (χ0n) is 23.7. The standard InChI is InChI=1S/C12H20N2.C12H16N2.C8H6BrN/c2*1-10(2)14(3)9-12-6-4-11(8-13)5-7-12;9-5-7-1-3-8(6-10)4-2-7/h4-7,10H,8-9,13H2,1-3H3;4-7,10H,9H2,1-3H3;1-4H,5H2. The molecule has 0 atom stereocenters. The number of nitrogens with two attached hydrogens (primary N) is 1. The Morgan fingerprint density at radius 2 is 0.947 bits per heavy atom. The molecule has 0 bridgehead atoms. The highest BCUT2D eigenvalue weighted by molar-refractivity contribution is 9.08. The van der Waals surface area contributed by atoms with E-state index in [1.807, 2.05) is 48.5 Å². The predicted octanol–water partition coefficient (Wildman–Crippen LogP) is 6.84. The number of nitrogens with zero attached hydrogens (tertiary/aromatic N) is 4. The maximum Gasteiger partial charge on any atom is 0.0991 e. The minimum Gasteiger partial charge on any atom is -0.326 e. The Morgan fingerprint density at radius 1 is 0.632 bits per heavy atom. The normalized spacial score (nSPS) is 10.4. The van der Waals surface area contributed by atoms with Gasteiger partial charge in [0.05, 0.1) is 23.3 Å². The molecule has 2 N–H and O–H groups in total. The van der Waals surface area contributed by atoms with Crippen LogP contribution in [0.1, 0.15) is 61.1 Å². The summed E-state index contributed by atoms with van der Waals surface area (Å²) in [6.45, 7) is 11.3. The Kier molecular flexibility index (Phi) is 15.9. The van der Waals surface area contributed by atoms with E-state index in [1.165, 1.54) is 22.3 Å². The van der Waals surface area contributed by atoms with Gasteiger partial charge in [0.1, 0.15) is 0 Å². The van der Waals surface area contributed by atoms with Gasteiger partial charge in [-0.25, -0.2) is 0 Å². The zero-order chi connectivity index (χ0) is 28.5. The number of hydrogen-bond donors (Lipinski definition) is 1. The highest BCUT2D eigenvalue weighted by Crippen LogP contribution is 2.09. The van der Waals surface area contributed by atoms with Crippen LogP contribution >= 0.6 is 15.9 Å². The second kappa shape index (κ2) is 18.3. The fourth-order valence-electron chi connectivity index (χ4n) is 3.07. The molecule has 3 aromatic carbocycles. The molecule has 3 aromatic rings. The monoisotopic (exact) mass is 575 g/mol. The largest absolute Gasteiger partial charge is 0.326 e. The molecule has 0 heterocycles. The van der Waals surface area contributed by atoms with Gasteiger partial charge in [-0.05, 0) is 88.3 Å². The van der Waals surface area contributed by atoms with E-state index in [4.69, 9.17) is 16.3 Å². The van der Waals surface area contributed by atoms with Crippen LogP contribution < -0.4 is 5.73 Å². The van der Waals surface area contributed by atoms with Crippen molar-refractivity contribution < 1.29 is 0 Å². The van der Waals surface area contributed by atoms with Crippen molar-refractivity contribution in [3.05, 3.63) is 106 Å². The number of hydrogen-bond acceptors (Lipinski definition) is 5. The molecular weight excluding hydrogens is 534 g/mol. The van der Waals surface area contributed by atoms with Crippen molar-refractivity contribution in [1.82, 2.24) is 9.80 Å². The fraction of sp³-hybridized carbons (Fsp3) is 0.375. The van der Waals surface area contributed by atoms with Gasteiger partial charge in [0.15, 0.2) is 0 Å². The third-order valence-electron chi connectivity index (χ3n) is 6.21. The summed E-state index contributed by atoms with van der Waals surface area (Å²) in [5.41, 5.74) is 12.0. The first-order chi connectivity index (χ1) is 18.1. The minimum atomic E-state index is 0.547. The van der Waals surface area contributed by atoms with Gasteiger partial charge in [-0.1, -0.05) is 64.5 Å². The van der Waals surface area contributed by atoms with Crippen molar-refractivity contribution in [3.63, 3.8) is 0 Å². The molecule has 5 nitrogen and oxygen atoms in total. The molecule has 0 aliphatic rings. The van der Waals surface area contributed by atoms with Gasteiger partial charge in [0, 0.05) is 37.0 Å². The molecule has 0 saturated heterocycles. The lowest BCUT2D eigenvalue weighted by molar-refractivity contribution is 0.266. The van der Waals surface area contributed by atoms with E-state index in [0.29, 0.717) is 24.2 Å². The summed E-state index contributed by atoms with van der Waals surface area (Å²) in [6.07, 6.45) is 0. The van der Waals surface area contributed by atoms with Crippen molar-refractivity contribution >= 4 is 15.9 Å². The molecule has 6 heteroatoms. The topological polar surface area (TPSA) is 80.1 Å². The average Bonchev–Trinajstić information content (AvgIpc) is 2.94.